The Balaban J connectivity index is 2.00. The topological polar surface area (TPSA) is 179 Å². The highest BCUT2D eigenvalue weighted by Crippen LogP contribution is 2.26. The zero-order chi connectivity index (χ0) is 18.7. The quantitative estimate of drug-likeness (QED) is 0.239. The maximum atomic E-state index is 10.1. The molecule has 0 unspecified atom stereocenters. The molecule has 0 spiro atoms. The molecule has 0 amide bonds. The Kier molecular flexibility index (Phi) is 7.49. The maximum Gasteiger partial charge on any atom is 0.186 e. The molecule has 2 rings (SSSR count). The third-order valence-corrected chi connectivity index (χ3v) is 4.50. The molecule has 2 heterocycles. The van der Waals surface area contributed by atoms with Crippen molar-refractivity contribution < 1.29 is 54.7 Å². The zero-order valence-electron chi connectivity index (χ0n) is 13.7. The molecule has 2 fully saturated rings. The van der Waals surface area contributed by atoms with Gasteiger partial charge in [0.1, 0.15) is 54.9 Å². The van der Waals surface area contributed by atoms with E-state index >= 15 is 0 Å². The number of ether oxygens (including phenoxy) is 4. The molecule has 11 nitrogen and oxygen atoms in total. The molecule has 0 saturated carbocycles. The predicted molar refractivity (Wildman–Crippen MR) is 78.3 cm³/mol. The van der Waals surface area contributed by atoms with Crippen molar-refractivity contribution in [2.45, 2.75) is 61.2 Å². The lowest BCUT2D eigenvalue weighted by Gasteiger charge is -2.43. The predicted octanol–water partition coefficient (Wildman–Crippen LogP) is -4.70. The summed E-state index contributed by atoms with van der Waals surface area (Å²) < 4.78 is 20.9. The molecule has 10 atom stereocenters. The lowest BCUT2D eigenvalue weighted by atomic mass is 9.95. The van der Waals surface area contributed by atoms with Crippen LogP contribution < -0.4 is 0 Å². The van der Waals surface area contributed by atoms with Crippen LogP contribution in [0.3, 0.4) is 0 Å². The van der Waals surface area contributed by atoms with Gasteiger partial charge in [0.15, 0.2) is 6.29 Å². The summed E-state index contributed by atoms with van der Waals surface area (Å²) in [6.07, 6.45) is -12.9. The summed E-state index contributed by atoms with van der Waals surface area (Å²) in [4.78, 5) is 0. The van der Waals surface area contributed by atoms with Crippen molar-refractivity contribution in [2.75, 3.05) is 26.9 Å². The summed E-state index contributed by atoms with van der Waals surface area (Å²) in [7, 11) is 1.27. The van der Waals surface area contributed by atoms with Crippen molar-refractivity contribution in [3.05, 3.63) is 0 Å². The molecule has 2 aliphatic rings. The smallest absolute Gasteiger partial charge is 0.186 e. The van der Waals surface area contributed by atoms with Crippen LogP contribution in [0.4, 0.5) is 0 Å². The van der Waals surface area contributed by atoms with E-state index in [2.05, 4.69) is 0 Å². The van der Waals surface area contributed by atoms with Crippen LogP contribution in [-0.4, -0.2) is 124 Å². The van der Waals surface area contributed by atoms with Gasteiger partial charge in [0.2, 0.25) is 0 Å². The van der Waals surface area contributed by atoms with Crippen LogP contribution in [0.15, 0.2) is 0 Å². The van der Waals surface area contributed by atoms with Gasteiger partial charge < -0.3 is 54.7 Å². The van der Waals surface area contributed by atoms with Crippen LogP contribution >= 0.6 is 0 Å². The minimum atomic E-state index is -1.55. The van der Waals surface area contributed by atoms with Crippen molar-refractivity contribution in [3.63, 3.8) is 0 Å². The summed E-state index contributed by atoms with van der Waals surface area (Å²) in [5, 5.41) is 68.0. The number of hydrogen-bond donors (Lipinski definition) is 7. The molecule has 0 radical (unpaired) electrons. The molecule has 2 saturated heterocycles. The number of aliphatic hydroxyl groups is 7. The molecular formula is C14H26O11. The van der Waals surface area contributed by atoms with Gasteiger partial charge in [0.05, 0.1) is 19.8 Å². The Morgan fingerprint density at radius 1 is 0.720 bits per heavy atom. The van der Waals surface area contributed by atoms with Crippen molar-refractivity contribution in [1.82, 2.24) is 0 Å². The monoisotopic (exact) mass is 370 g/mol. The van der Waals surface area contributed by atoms with E-state index in [1.165, 1.54) is 7.11 Å². The minimum absolute atomic E-state index is 0.354. The second-order valence-corrected chi connectivity index (χ2v) is 6.11. The van der Waals surface area contributed by atoms with E-state index in [-0.39, 0.29) is 6.61 Å². The lowest BCUT2D eigenvalue weighted by molar-refractivity contribution is -0.309. The SMILES string of the molecule is CO[C@H]1O[C@H](CO)[C@@H](OC[C@@H]2O[C@H](CO)[C@@H](O)[C@H](O)[C@@H]2O)[C@H](O)[C@H]1O. The van der Waals surface area contributed by atoms with Gasteiger partial charge in [-0.15, -0.1) is 0 Å². The van der Waals surface area contributed by atoms with Gasteiger partial charge in [-0.05, 0) is 0 Å². The molecule has 7 N–H and O–H groups in total. The van der Waals surface area contributed by atoms with E-state index in [9.17, 15) is 30.6 Å². The Bertz CT molecular complexity index is 406. The van der Waals surface area contributed by atoms with Crippen LogP contribution in [-0.2, 0) is 18.9 Å². The van der Waals surface area contributed by atoms with Crippen LogP contribution in [0.2, 0.25) is 0 Å². The van der Waals surface area contributed by atoms with Gasteiger partial charge in [-0.25, -0.2) is 0 Å². The van der Waals surface area contributed by atoms with Gasteiger partial charge in [-0.1, -0.05) is 0 Å². The number of rotatable bonds is 6. The third kappa shape index (κ3) is 4.28. The van der Waals surface area contributed by atoms with Gasteiger partial charge in [-0.2, -0.15) is 0 Å². The minimum Gasteiger partial charge on any atom is -0.394 e. The second kappa shape index (κ2) is 8.97. The number of methoxy groups -OCH3 is 1. The molecule has 25 heavy (non-hydrogen) atoms. The Morgan fingerprint density at radius 3 is 1.88 bits per heavy atom. The van der Waals surface area contributed by atoms with Crippen LogP contribution in [0.5, 0.6) is 0 Å². The van der Waals surface area contributed by atoms with E-state index in [0.717, 1.165) is 0 Å². The van der Waals surface area contributed by atoms with Crippen LogP contribution in [0.25, 0.3) is 0 Å². The fraction of sp³-hybridized carbons (Fsp3) is 1.00. The summed E-state index contributed by atoms with van der Waals surface area (Å²) >= 11 is 0. The highest BCUT2D eigenvalue weighted by Gasteiger charge is 2.47. The summed E-state index contributed by atoms with van der Waals surface area (Å²) in [6.45, 7) is -1.46. The fourth-order valence-electron chi connectivity index (χ4n) is 2.98. The lowest BCUT2D eigenvalue weighted by Crippen LogP contribution is -2.62. The first kappa shape index (κ1) is 20.9. The van der Waals surface area contributed by atoms with E-state index in [0.29, 0.717) is 0 Å². The van der Waals surface area contributed by atoms with E-state index in [1.807, 2.05) is 0 Å². The molecule has 0 aromatic rings. The van der Waals surface area contributed by atoms with Gasteiger partial charge in [-0.3, -0.25) is 0 Å². The van der Waals surface area contributed by atoms with E-state index < -0.39 is 74.4 Å². The van der Waals surface area contributed by atoms with Gasteiger partial charge in [0, 0.05) is 7.11 Å². The van der Waals surface area contributed by atoms with Gasteiger partial charge in [0.25, 0.3) is 0 Å². The fourth-order valence-corrected chi connectivity index (χ4v) is 2.98. The highest BCUT2D eigenvalue weighted by molar-refractivity contribution is 4.94. The zero-order valence-corrected chi connectivity index (χ0v) is 13.7. The van der Waals surface area contributed by atoms with Crippen molar-refractivity contribution in [3.8, 4) is 0 Å². The average Bonchev–Trinajstić information content (AvgIpc) is 2.62. The molecule has 0 aliphatic carbocycles. The Morgan fingerprint density at radius 2 is 1.32 bits per heavy atom. The summed E-state index contributed by atoms with van der Waals surface area (Å²) in [5.74, 6) is 0. The molecule has 0 aromatic heterocycles. The normalized spacial score (nSPS) is 48.5. The Labute approximate surface area is 143 Å². The van der Waals surface area contributed by atoms with Gasteiger partial charge >= 0.3 is 0 Å². The maximum absolute atomic E-state index is 10.1. The molecule has 11 heteroatoms. The van der Waals surface area contributed by atoms with Crippen molar-refractivity contribution in [1.29, 1.82) is 0 Å². The number of hydrogen-bond acceptors (Lipinski definition) is 11. The average molecular weight is 370 g/mol. The largest absolute Gasteiger partial charge is 0.394 e. The molecule has 148 valence electrons. The second-order valence-electron chi connectivity index (χ2n) is 6.11. The molecular weight excluding hydrogens is 344 g/mol. The highest BCUT2D eigenvalue weighted by atomic mass is 16.7. The van der Waals surface area contributed by atoms with E-state index in [4.69, 9.17) is 24.1 Å². The van der Waals surface area contributed by atoms with Crippen LogP contribution in [0.1, 0.15) is 0 Å². The molecule has 0 bridgehead atoms. The first-order valence-corrected chi connectivity index (χ1v) is 7.93. The number of aliphatic hydroxyl groups excluding tert-OH is 7. The van der Waals surface area contributed by atoms with Crippen LogP contribution in [0, 0.1) is 0 Å². The first-order valence-electron chi connectivity index (χ1n) is 7.93. The van der Waals surface area contributed by atoms with E-state index in [1.54, 1.807) is 0 Å². The molecule has 2 aliphatic heterocycles. The third-order valence-electron chi connectivity index (χ3n) is 4.50. The summed E-state index contributed by atoms with van der Waals surface area (Å²) in [6, 6.07) is 0. The van der Waals surface area contributed by atoms with Crippen molar-refractivity contribution in [2.24, 2.45) is 0 Å². The summed E-state index contributed by atoms with van der Waals surface area (Å²) in [5.41, 5.74) is 0. The van der Waals surface area contributed by atoms with Crippen molar-refractivity contribution >= 4 is 0 Å². The first-order chi connectivity index (χ1) is 11.8. The standard InChI is InChI=1S/C14H26O11/c1-22-14-12(21)11(20)13(6(3-16)25-14)23-4-7-9(18)10(19)8(17)5(2-15)24-7/h5-21H,2-4H2,1H3/t5-,6-,7+,8-,9-,10+,11-,12-,13-,14+/m1/s1. The molecule has 0 aromatic carbocycles. The Hall–Kier alpha value is -0.440.